The predicted molar refractivity (Wildman–Crippen MR) is 117 cm³/mol. The molecule has 31 heavy (non-hydrogen) atoms. The lowest BCUT2D eigenvalue weighted by atomic mass is 9.96. The summed E-state index contributed by atoms with van der Waals surface area (Å²) >= 11 is 3.45. The van der Waals surface area contributed by atoms with Gasteiger partial charge in [0.25, 0.3) is 0 Å². The zero-order valence-corrected chi connectivity index (χ0v) is 18.0. The van der Waals surface area contributed by atoms with Gasteiger partial charge in [-0.25, -0.2) is 18.6 Å². The SMILES string of the molecule is O=C(O)c1cccc(C2=C(c3cc(Br)cnc3OCc3ccc(F)cc3F)CCC2)c1. The number of pyridine rings is 1. The maximum Gasteiger partial charge on any atom is 0.335 e. The van der Waals surface area contributed by atoms with Crippen LogP contribution in [0, 0.1) is 11.6 Å². The van der Waals surface area contributed by atoms with Gasteiger partial charge in [-0.3, -0.25) is 0 Å². The van der Waals surface area contributed by atoms with Gasteiger partial charge in [0.15, 0.2) is 0 Å². The summed E-state index contributed by atoms with van der Waals surface area (Å²) in [6.45, 7) is -0.0924. The molecule has 4 nitrogen and oxygen atoms in total. The molecule has 0 aliphatic heterocycles. The van der Waals surface area contributed by atoms with Crippen molar-refractivity contribution in [3.63, 3.8) is 0 Å². The van der Waals surface area contributed by atoms with Gasteiger partial charge in [0, 0.05) is 27.9 Å². The molecule has 1 aromatic heterocycles. The molecule has 0 amide bonds. The van der Waals surface area contributed by atoms with E-state index in [1.807, 2.05) is 12.1 Å². The number of aromatic carboxylic acids is 1. The molecule has 4 rings (SSSR count). The molecule has 0 atom stereocenters. The quantitative estimate of drug-likeness (QED) is 0.433. The third-order valence-corrected chi connectivity index (χ3v) is 5.63. The molecule has 7 heteroatoms. The Morgan fingerprint density at radius 3 is 2.68 bits per heavy atom. The van der Waals surface area contributed by atoms with Gasteiger partial charge < -0.3 is 9.84 Å². The van der Waals surface area contributed by atoms with Crippen LogP contribution in [0.5, 0.6) is 5.88 Å². The van der Waals surface area contributed by atoms with E-state index in [1.165, 1.54) is 12.1 Å². The Hall–Kier alpha value is -3.06. The molecule has 0 saturated heterocycles. The molecule has 0 bridgehead atoms. The molecule has 1 heterocycles. The van der Waals surface area contributed by atoms with Crippen molar-refractivity contribution in [3.8, 4) is 5.88 Å². The highest BCUT2D eigenvalue weighted by atomic mass is 79.9. The second-order valence-corrected chi connectivity index (χ2v) is 8.14. The van der Waals surface area contributed by atoms with Gasteiger partial charge in [-0.15, -0.1) is 0 Å². The van der Waals surface area contributed by atoms with Crippen LogP contribution in [-0.2, 0) is 6.61 Å². The van der Waals surface area contributed by atoms with Gasteiger partial charge in [-0.05, 0) is 82.2 Å². The number of rotatable bonds is 6. The van der Waals surface area contributed by atoms with Crippen molar-refractivity contribution in [2.75, 3.05) is 0 Å². The number of carbonyl (C=O) groups is 1. The lowest BCUT2D eigenvalue weighted by Crippen LogP contribution is -2.03. The molecular weight excluding hydrogens is 468 g/mol. The van der Waals surface area contributed by atoms with Gasteiger partial charge in [0.1, 0.15) is 18.2 Å². The lowest BCUT2D eigenvalue weighted by Gasteiger charge is -2.14. The standard InChI is InChI=1S/C24H18BrF2NO3/c25-17-10-21(23(28-12-17)31-13-16-7-8-18(26)11-22(16)27)20-6-2-5-19(20)14-3-1-4-15(9-14)24(29)30/h1,3-4,7-12H,2,5-6,13H2,(H,29,30). The van der Waals surface area contributed by atoms with Crippen LogP contribution < -0.4 is 4.74 Å². The van der Waals surface area contributed by atoms with E-state index in [0.29, 0.717) is 5.88 Å². The number of halogens is 3. The van der Waals surface area contributed by atoms with Crippen molar-refractivity contribution >= 4 is 33.0 Å². The summed E-state index contributed by atoms with van der Waals surface area (Å²) in [7, 11) is 0. The van der Waals surface area contributed by atoms with Crippen molar-refractivity contribution in [2.45, 2.75) is 25.9 Å². The molecule has 1 aliphatic carbocycles. The Bertz CT molecular complexity index is 1190. The van der Waals surface area contributed by atoms with Crippen molar-refractivity contribution in [1.82, 2.24) is 4.98 Å². The molecule has 1 aliphatic rings. The maximum atomic E-state index is 14.0. The Labute approximate surface area is 186 Å². The number of allylic oxidation sites excluding steroid dienone is 2. The Kier molecular flexibility index (Phi) is 6.13. The number of aromatic nitrogens is 1. The summed E-state index contributed by atoms with van der Waals surface area (Å²) in [5.41, 5.74) is 4.14. The first-order chi connectivity index (χ1) is 14.9. The summed E-state index contributed by atoms with van der Waals surface area (Å²) < 4.78 is 33.8. The van der Waals surface area contributed by atoms with Crippen LogP contribution in [0.25, 0.3) is 11.1 Å². The fourth-order valence-corrected chi connectivity index (χ4v) is 4.07. The Balaban J connectivity index is 1.71. The number of benzene rings is 2. The van der Waals surface area contributed by atoms with E-state index in [9.17, 15) is 18.7 Å². The molecule has 158 valence electrons. The second kappa shape index (κ2) is 8.98. The van der Waals surface area contributed by atoms with Crippen LogP contribution in [0.3, 0.4) is 0 Å². The van der Waals surface area contributed by atoms with Gasteiger partial charge in [0.05, 0.1) is 5.56 Å². The summed E-state index contributed by atoms with van der Waals surface area (Å²) in [6.07, 6.45) is 4.10. The molecule has 0 saturated carbocycles. The number of hydrogen-bond acceptors (Lipinski definition) is 3. The third kappa shape index (κ3) is 4.66. The highest BCUT2D eigenvalue weighted by Gasteiger charge is 2.22. The fraction of sp³-hybridized carbons (Fsp3) is 0.167. The molecule has 3 aromatic rings. The Morgan fingerprint density at radius 1 is 1.10 bits per heavy atom. The average Bonchev–Trinajstić information content (AvgIpc) is 3.23. The van der Waals surface area contributed by atoms with Gasteiger partial charge in [0.2, 0.25) is 5.88 Å². The van der Waals surface area contributed by atoms with Crippen molar-refractivity contribution in [1.29, 1.82) is 0 Å². The monoisotopic (exact) mass is 485 g/mol. The number of hydrogen-bond donors (Lipinski definition) is 1. The Morgan fingerprint density at radius 2 is 1.90 bits per heavy atom. The molecule has 2 aromatic carbocycles. The van der Waals surface area contributed by atoms with E-state index in [4.69, 9.17) is 4.74 Å². The predicted octanol–water partition coefficient (Wildman–Crippen LogP) is 6.49. The van der Waals surface area contributed by atoms with E-state index >= 15 is 0 Å². The smallest absolute Gasteiger partial charge is 0.335 e. The zero-order valence-electron chi connectivity index (χ0n) is 16.4. The second-order valence-electron chi connectivity index (χ2n) is 7.23. The van der Waals surface area contributed by atoms with E-state index in [2.05, 4.69) is 20.9 Å². The first-order valence-corrected chi connectivity index (χ1v) is 10.5. The van der Waals surface area contributed by atoms with Crippen LogP contribution in [0.15, 0.2) is 59.2 Å². The minimum absolute atomic E-state index is 0.0924. The number of carboxylic acid groups (broad SMARTS) is 1. The zero-order chi connectivity index (χ0) is 22.0. The van der Waals surface area contributed by atoms with Crippen molar-refractivity contribution in [2.24, 2.45) is 0 Å². The molecular formula is C24H18BrF2NO3. The largest absolute Gasteiger partial charge is 0.478 e. The highest BCUT2D eigenvalue weighted by Crippen LogP contribution is 2.43. The van der Waals surface area contributed by atoms with E-state index < -0.39 is 17.6 Å². The maximum absolute atomic E-state index is 14.0. The normalized spacial score (nSPS) is 13.5. The summed E-state index contributed by atoms with van der Waals surface area (Å²) in [4.78, 5) is 15.7. The molecule has 0 radical (unpaired) electrons. The summed E-state index contributed by atoms with van der Waals surface area (Å²) in [5.74, 6) is -1.95. The molecule has 1 N–H and O–H groups in total. The van der Waals surface area contributed by atoms with E-state index in [1.54, 1.807) is 24.4 Å². The number of nitrogens with zero attached hydrogens (tertiary/aromatic N) is 1. The van der Waals surface area contributed by atoms with Crippen LogP contribution in [0.1, 0.15) is 46.3 Å². The lowest BCUT2D eigenvalue weighted by molar-refractivity contribution is 0.0697. The number of ether oxygens (including phenoxy) is 1. The number of carboxylic acids is 1. The van der Waals surface area contributed by atoms with Gasteiger partial charge in [-0.1, -0.05) is 12.1 Å². The van der Waals surface area contributed by atoms with Crippen LogP contribution >= 0.6 is 15.9 Å². The summed E-state index contributed by atoms with van der Waals surface area (Å²) in [5, 5.41) is 9.33. The molecule has 0 fully saturated rings. The van der Waals surface area contributed by atoms with E-state index in [0.717, 1.165) is 52.1 Å². The minimum Gasteiger partial charge on any atom is -0.478 e. The fourth-order valence-electron chi connectivity index (χ4n) is 3.74. The van der Waals surface area contributed by atoms with E-state index in [-0.39, 0.29) is 17.7 Å². The first-order valence-electron chi connectivity index (χ1n) is 9.71. The van der Waals surface area contributed by atoms with Gasteiger partial charge >= 0.3 is 5.97 Å². The van der Waals surface area contributed by atoms with Crippen LogP contribution in [0.2, 0.25) is 0 Å². The van der Waals surface area contributed by atoms with Crippen molar-refractivity contribution in [3.05, 3.63) is 93.1 Å². The van der Waals surface area contributed by atoms with Gasteiger partial charge in [-0.2, -0.15) is 0 Å². The molecule has 0 spiro atoms. The third-order valence-electron chi connectivity index (χ3n) is 5.20. The molecule has 0 unspecified atom stereocenters. The van der Waals surface area contributed by atoms with Crippen LogP contribution in [0.4, 0.5) is 8.78 Å². The first kappa shape index (κ1) is 21.2. The average molecular weight is 486 g/mol. The summed E-state index contributed by atoms with van der Waals surface area (Å²) in [6, 6.07) is 12.1. The van der Waals surface area contributed by atoms with Crippen molar-refractivity contribution < 1.29 is 23.4 Å². The topological polar surface area (TPSA) is 59.4 Å². The highest BCUT2D eigenvalue weighted by molar-refractivity contribution is 9.10. The van der Waals surface area contributed by atoms with Crippen LogP contribution in [-0.4, -0.2) is 16.1 Å². The minimum atomic E-state index is -0.975.